The smallest absolute Gasteiger partial charge is 0.308 e. The van der Waals surface area contributed by atoms with Crippen molar-refractivity contribution in [2.45, 2.75) is 57.8 Å². The van der Waals surface area contributed by atoms with Crippen LogP contribution in [0.25, 0.3) is 22.5 Å². The van der Waals surface area contributed by atoms with Crippen LogP contribution in [0, 0.1) is 5.82 Å². The van der Waals surface area contributed by atoms with Gasteiger partial charge in [0.05, 0.1) is 18.2 Å². The molecule has 0 spiro atoms. The lowest BCUT2D eigenvalue weighted by Gasteiger charge is -2.27. The van der Waals surface area contributed by atoms with Crippen LogP contribution in [-0.2, 0) is 16.1 Å². The second-order valence-corrected chi connectivity index (χ2v) is 8.35. The number of aliphatic hydroxyl groups is 1. The van der Waals surface area contributed by atoms with Crippen LogP contribution in [0.1, 0.15) is 44.7 Å². The number of aromatic nitrogens is 2. The molecule has 0 aliphatic carbocycles. The van der Waals surface area contributed by atoms with E-state index in [-0.39, 0.29) is 30.2 Å². The second kappa shape index (κ2) is 9.02. The number of carbonyl (C=O) groups is 1. The molecule has 0 bridgehead atoms. The van der Waals surface area contributed by atoms with Crippen molar-refractivity contribution in [1.82, 2.24) is 9.55 Å². The van der Waals surface area contributed by atoms with E-state index >= 15 is 0 Å². The molecule has 31 heavy (non-hydrogen) atoms. The van der Waals surface area contributed by atoms with Gasteiger partial charge in [-0.25, -0.2) is 4.39 Å². The van der Waals surface area contributed by atoms with Crippen molar-refractivity contribution in [3.63, 3.8) is 0 Å². The van der Waals surface area contributed by atoms with Crippen LogP contribution < -0.4 is 0 Å². The number of aliphatic hydroxyl groups excluding tert-OH is 1. The maximum absolute atomic E-state index is 13.6. The predicted molar refractivity (Wildman–Crippen MR) is 117 cm³/mol. The third kappa shape index (κ3) is 4.69. The van der Waals surface area contributed by atoms with E-state index in [2.05, 4.69) is 29.5 Å². The summed E-state index contributed by atoms with van der Waals surface area (Å²) in [6.45, 7) is 4.88. The standard InChI is InChI=1S/C25H27FN2O3/c1-16(2)25-21(22-5-3-4-11-27-22)15-23(17-6-8-18(26)9-7-17)28(25)12-10-20-13-19(29)14-24(30)31-20/h3-9,11,15-16,19-20,29H,10,12-14H2,1-2H3/t19-,20-/m1/s1. The summed E-state index contributed by atoms with van der Waals surface area (Å²) in [4.78, 5) is 16.3. The van der Waals surface area contributed by atoms with Crippen molar-refractivity contribution in [3.05, 3.63) is 66.2 Å². The molecule has 0 radical (unpaired) electrons. The summed E-state index contributed by atoms with van der Waals surface area (Å²) >= 11 is 0. The zero-order chi connectivity index (χ0) is 22.0. The number of ether oxygens (including phenoxy) is 1. The number of esters is 1. The van der Waals surface area contributed by atoms with Crippen molar-refractivity contribution >= 4 is 5.97 Å². The van der Waals surface area contributed by atoms with E-state index in [1.807, 2.05) is 18.2 Å². The number of hydrogen-bond acceptors (Lipinski definition) is 4. The third-order valence-corrected chi connectivity index (χ3v) is 5.68. The summed E-state index contributed by atoms with van der Waals surface area (Å²) < 4.78 is 21.2. The Bertz CT molecular complexity index is 1040. The minimum Gasteiger partial charge on any atom is -0.462 e. The van der Waals surface area contributed by atoms with Crippen molar-refractivity contribution in [3.8, 4) is 22.5 Å². The topological polar surface area (TPSA) is 64.3 Å². The number of cyclic esters (lactones) is 1. The molecule has 4 rings (SSSR count). The monoisotopic (exact) mass is 422 g/mol. The fraction of sp³-hybridized carbons (Fsp3) is 0.360. The maximum Gasteiger partial charge on any atom is 0.308 e. The Morgan fingerprint density at radius 1 is 1.23 bits per heavy atom. The Labute approximate surface area is 181 Å². The van der Waals surface area contributed by atoms with E-state index in [9.17, 15) is 14.3 Å². The highest BCUT2D eigenvalue weighted by atomic mass is 19.1. The van der Waals surface area contributed by atoms with Gasteiger partial charge in [0.1, 0.15) is 11.9 Å². The van der Waals surface area contributed by atoms with Gasteiger partial charge in [0.25, 0.3) is 0 Å². The van der Waals surface area contributed by atoms with Crippen molar-refractivity contribution < 1.29 is 19.0 Å². The number of carbonyl (C=O) groups excluding carboxylic acids is 1. The Balaban J connectivity index is 1.76. The van der Waals surface area contributed by atoms with E-state index in [0.29, 0.717) is 19.4 Å². The minimum absolute atomic E-state index is 0.0575. The van der Waals surface area contributed by atoms with Gasteiger partial charge in [-0.2, -0.15) is 0 Å². The van der Waals surface area contributed by atoms with Crippen LogP contribution in [0.2, 0.25) is 0 Å². The van der Waals surface area contributed by atoms with E-state index in [1.54, 1.807) is 18.3 Å². The molecule has 1 aromatic carbocycles. The molecule has 0 amide bonds. The van der Waals surface area contributed by atoms with Crippen molar-refractivity contribution in [1.29, 1.82) is 0 Å². The summed E-state index contributed by atoms with van der Waals surface area (Å²) in [5, 5.41) is 9.95. The molecular formula is C25H27FN2O3. The molecule has 1 saturated heterocycles. The summed E-state index contributed by atoms with van der Waals surface area (Å²) in [6.07, 6.45) is 1.90. The molecule has 2 atom stereocenters. The van der Waals surface area contributed by atoms with Gasteiger partial charge >= 0.3 is 5.97 Å². The van der Waals surface area contributed by atoms with Gasteiger partial charge in [-0.1, -0.05) is 19.9 Å². The van der Waals surface area contributed by atoms with Crippen LogP contribution >= 0.6 is 0 Å². The molecule has 2 aromatic heterocycles. The summed E-state index contributed by atoms with van der Waals surface area (Å²) in [5.74, 6) is -0.419. The molecule has 3 aromatic rings. The van der Waals surface area contributed by atoms with Gasteiger partial charge in [0.2, 0.25) is 0 Å². The van der Waals surface area contributed by atoms with E-state index in [1.165, 1.54) is 12.1 Å². The van der Waals surface area contributed by atoms with Gasteiger partial charge in [-0.05, 0) is 53.9 Å². The van der Waals surface area contributed by atoms with Crippen LogP contribution in [0.4, 0.5) is 4.39 Å². The molecule has 0 saturated carbocycles. The van der Waals surface area contributed by atoms with E-state index < -0.39 is 6.10 Å². The molecule has 1 N–H and O–H groups in total. The number of halogens is 1. The molecule has 6 heteroatoms. The highest BCUT2D eigenvalue weighted by molar-refractivity contribution is 5.74. The first kappa shape index (κ1) is 21.2. The minimum atomic E-state index is -0.652. The molecular weight excluding hydrogens is 395 g/mol. The quantitative estimate of drug-likeness (QED) is 0.572. The summed E-state index contributed by atoms with van der Waals surface area (Å²) in [7, 11) is 0. The summed E-state index contributed by atoms with van der Waals surface area (Å²) in [5.41, 5.74) is 4.92. The number of rotatable bonds is 6. The SMILES string of the molecule is CC(C)c1c(-c2ccccn2)cc(-c2ccc(F)cc2)n1CC[C@@H]1C[C@@H](O)CC(=O)O1. The van der Waals surface area contributed by atoms with Crippen LogP contribution in [0.3, 0.4) is 0 Å². The lowest BCUT2D eigenvalue weighted by molar-refractivity contribution is -0.160. The van der Waals surface area contributed by atoms with Crippen LogP contribution in [-0.4, -0.2) is 32.8 Å². The normalized spacial score (nSPS) is 18.9. The van der Waals surface area contributed by atoms with E-state index in [0.717, 1.165) is 28.2 Å². The number of nitrogens with zero attached hydrogens (tertiary/aromatic N) is 2. The lowest BCUT2D eigenvalue weighted by atomic mass is 10.0. The second-order valence-electron chi connectivity index (χ2n) is 8.35. The van der Waals surface area contributed by atoms with Gasteiger partial charge in [0.15, 0.2) is 0 Å². The first-order valence-electron chi connectivity index (χ1n) is 10.7. The maximum atomic E-state index is 13.6. The highest BCUT2D eigenvalue weighted by Gasteiger charge is 2.28. The lowest BCUT2D eigenvalue weighted by Crippen LogP contribution is -2.33. The Kier molecular flexibility index (Phi) is 6.18. The van der Waals surface area contributed by atoms with Crippen molar-refractivity contribution in [2.75, 3.05) is 0 Å². The van der Waals surface area contributed by atoms with E-state index in [4.69, 9.17) is 4.74 Å². The molecule has 1 fully saturated rings. The van der Waals surface area contributed by atoms with Crippen LogP contribution in [0.15, 0.2) is 54.7 Å². The zero-order valence-corrected chi connectivity index (χ0v) is 17.8. The van der Waals surface area contributed by atoms with Crippen molar-refractivity contribution in [2.24, 2.45) is 0 Å². The number of pyridine rings is 1. The van der Waals surface area contributed by atoms with Gasteiger partial charge in [-0.15, -0.1) is 0 Å². The first-order chi connectivity index (χ1) is 14.9. The fourth-order valence-corrected chi connectivity index (χ4v) is 4.33. The molecule has 0 unspecified atom stereocenters. The molecule has 3 heterocycles. The average Bonchev–Trinajstić information content (AvgIpc) is 3.12. The molecule has 1 aliphatic rings. The Morgan fingerprint density at radius 2 is 2.00 bits per heavy atom. The fourth-order valence-electron chi connectivity index (χ4n) is 4.33. The van der Waals surface area contributed by atoms with Crippen LogP contribution in [0.5, 0.6) is 0 Å². The van der Waals surface area contributed by atoms with Gasteiger partial charge in [0, 0.05) is 42.5 Å². The number of benzene rings is 1. The number of hydrogen-bond donors (Lipinski definition) is 1. The summed E-state index contributed by atoms with van der Waals surface area (Å²) in [6, 6.07) is 14.4. The largest absolute Gasteiger partial charge is 0.462 e. The predicted octanol–water partition coefficient (Wildman–Crippen LogP) is 4.94. The molecule has 5 nitrogen and oxygen atoms in total. The Hall–Kier alpha value is -2.99. The third-order valence-electron chi connectivity index (χ3n) is 5.68. The molecule has 162 valence electrons. The highest BCUT2D eigenvalue weighted by Crippen LogP contribution is 2.36. The first-order valence-corrected chi connectivity index (χ1v) is 10.7. The van der Waals surface area contributed by atoms with Gasteiger partial charge < -0.3 is 14.4 Å². The average molecular weight is 423 g/mol. The Morgan fingerprint density at radius 3 is 2.65 bits per heavy atom. The van der Waals surface area contributed by atoms with Gasteiger partial charge in [-0.3, -0.25) is 9.78 Å². The molecule has 1 aliphatic heterocycles. The zero-order valence-electron chi connectivity index (χ0n) is 17.8.